The van der Waals surface area contributed by atoms with Gasteiger partial charge in [0.25, 0.3) is 5.91 Å². The number of ether oxygens (including phenoxy) is 2. The van der Waals surface area contributed by atoms with Gasteiger partial charge in [0, 0.05) is 31.7 Å². The summed E-state index contributed by atoms with van der Waals surface area (Å²) >= 11 is 0. The van der Waals surface area contributed by atoms with Crippen LogP contribution in [0.3, 0.4) is 0 Å². The van der Waals surface area contributed by atoms with Crippen LogP contribution in [0.5, 0.6) is 0 Å². The van der Waals surface area contributed by atoms with Gasteiger partial charge in [-0.3, -0.25) is 4.79 Å². The molecule has 224 valence electrons. The van der Waals surface area contributed by atoms with Crippen molar-refractivity contribution in [3.63, 3.8) is 0 Å². The van der Waals surface area contributed by atoms with Gasteiger partial charge in [-0.25, -0.2) is 0 Å². The summed E-state index contributed by atoms with van der Waals surface area (Å²) in [6.45, 7) is 6.91. The number of aromatic nitrogens is 3. The minimum absolute atomic E-state index is 0.0929. The lowest BCUT2D eigenvalue weighted by atomic mass is 9.49. The fraction of sp³-hybridized carbons (Fsp3) is 0.677. The molecule has 1 aromatic heterocycles. The summed E-state index contributed by atoms with van der Waals surface area (Å²) < 4.78 is 11.3. The van der Waals surface area contributed by atoms with Crippen molar-refractivity contribution in [1.29, 1.82) is 0 Å². The standard InChI is InChI=1S/C31H47N7O3/c1-2-3-9-33-28-36-29(34-11-13-41-15-14-40-12-10-32-27(39)26-7-5-4-6-8-26)38-30(37-28)35-22-31-19-23-16-24(20-31)18-25(17-23)21-31/h4-8,23-25H,2-3,9-22H2,1H3,(H,32,39)(H3,33,34,35,36,37,38). The molecule has 10 nitrogen and oxygen atoms in total. The third kappa shape index (κ3) is 8.75. The third-order valence-corrected chi connectivity index (χ3v) is 8.70. The van der Waals surface area contributed by atoms with Gasteiger partial charge in [-0.05, 0) is 80.2 Å². The van der Waals surface area contributed by atoms with E-state index in [-0.39, 0.29) is 5.91 Å². The predicted molar refractivity (Wildman–Crippen MR) is 161 cm³/mol. The first-order chi connectivity index (χ1) is 20.1. The Hall–Kier alpha value is -2.98. The Kier molecular flexibility index (Phi) is 10.6. The molecule has 41 heavy (non-hydrogen) atoms. The summed E-state index contributed by atoms with van der Waals surface area (Å²) in [5.74, 6) is 4.50. The zero-order valence-corrected chi connectivity index (χ0v) is 24.5. The summed E-state index contributed by atoms with van der Waals surface area (Å²) in [5, 5.41) is 13.1. The van der Waals surface area contributed by atoms with Crippen LogP contribution in [0.1, 0.15) is 68.6 Å². The average Bonchev–Trinajstić information content (AvgIpc) is 2.97. The van der Waals surface area contributed by atoms with E-state index in [0.29, 0.717) is 68.3 Å². The molecule has 0 saturated heterocycles. The molecule has 4 N–H and O–H groups in total. The van der Waals surface area contributed by atoms with E-state index in [1.54, 1.807) is 12.1 Å². The molecule has 1 aromatic carbocycles. The van der Waals surface area contributed by atoms with Gasteiger partial charge in [0.1, 0.15) is 0 Å². The smallest absolute Gasteiger partial charge is 0.251 e. The molecule has 1 amide bonds. The number of amides is 1. The molecule has 4 fully saturated rings. The largest absolute Gasteiger partial charge is 0.377 e. The van der Waals surface area contributed by atoms with E-state index in [1.807, 2.05) is 18.2 Å². The van der Waals surface area contributed by atoms with Gasteiger partial charge in [-0.15, -0.1) is 0 Å². The number of carbonyl (C=O) groups is 1. The second-order valence-corrected chi connectivity index (χ2v) is 12.1. The molecule has 4 aliphatic rings. The minimum Gasteiger partial charge on any atom is -0.377 e. The number of benzene rings is 1. The molecule has 0 atom stereocenters. The van der Waals surface area contributed by atoms with Gasteiger partial charge in [-0.1, -0.05) is 31.5 Å². The van der Waals surface area contributed by atoms with E-state index in [2.05, 4.69) is 43.1 Å². The Morgan fingerprint density at radius 2 is 1.34 bits per heavy atom. The van der Waals surface area contributed by atoms with Crippen LogP contribution >= 0.6 is 0 Å². The molecular weight excluding hydrogens is 518 g/mol. The zero-order valence-electron chi connectivity index (χ0n) is 24.5. The summed E-state index contributed by atoms with van der Waals surface area (Å²) in [6, 6.07) is 9.17. The molecule has 6 rings (SSSR count). The van der Waals surface area contributed by atoms with Crippen LogP contribution in [0.25, 0.3) is 0 Å². The van der Waals surface area contributed by atoms with Crippen LogP contribution in [0.2, 0.25) is 0 Å². The first-order valence-electron chi connectivity index (χ1n) is 15.6. The Balaban J connectivity index is 1.00. The number of nitrogens with zero attached hydrogens (tertiary/aromatic N) is 3. The number of rotatable bonds is 18. The molecule has 0 aliphatic heterocycles. The second kappa shape index (κ2) is 14.8. The lowest BCUT2D eigenvalue weighted by molar-refractivity contribution is -0.0445. The molecule has 1 heterocycles. The number of unbranched alkanes of at least 4 members (excludes halogenated alkanes) is 1. The summed E-state index contributed by atoms with van der Waals surface area (Å²) in [6.07, 6.45) is 10.6. The van der Waals surface area contributed by atoms with Crippen molar-refractivity contribution >= 4 is 23.8 Å². The molecule has 0 spiro atoms. The predicted octanol–water partition coefficient (Wildman–Crippen LogP) is 4.59. The van der Waals surface area contributed by atoms with Gasteiger partial charge < -0.3 is 30.7 Å². The van der Waals surface area contributed by atoms with E-state index in [9.17, 15) is 4.79 Å². The first kappa shape index (κ1) is 29.5. The van der Waals surface area contributed by atoms with E-state index in [0.717, 1.165) is 43.7 Å². The lowest BCUT2D eigenvalue weighted by Gasteiger charge is -2.56. The Bertz CT molecular complexity index is 1070. The van der Waals surface area contributed by atoms with Crippen LogP contribution < -0.4 is 21.3 Å². The monoisotopic (exact) mass is 565 g/mol. The van der Waals surface area contributed by atoms with E-state index >= 15 is 0 Å². The maximum Gasteiger partial charge on any atom is 0.251 e. The van der Waals surface area contributed by atoms with E-state index in [1.165, 1.54) is 38.5 Å². The zero-order chi connectivity index (χ0) is 28.3. The maximum atomic E-state index is 12.0. The average molecular weight is 566 g/mol. The molecule has 0 unspecified atom stereocenters. The molecule has 10 heteroatoms. The van der Waals surface area contributed by atoms with Gasteiger partial charge >= 0.3 is 0 Å². The van der Waals surface area contributed by atoms with E-state index < -0.39 is 0 Å². The Labute approximate surface area is 244 Å². The normalized spacial score (nSPS) is 24.3. The Morgan fingerprint density at radius 3 is 1.95 bits per heavy atom. The third-order valence-electron chi connectivity index (χ3n) is 8.70. The first-order valence-corrected chi connectivity index (χ1v) is 15.6. The highest BCUT2D eigenvalue weighted by molar-refractivity contribution is 5.94. The number of nitrogens with one attached hydrogen (secondary N) is 4. The number of carbonyl (C=O) groups excluding carboxylic acids is 1. The van der Waals surface area contributed by atoms with Crippen molar-refractivity contribution in [3.8, 4) is 0 Å². The van der Waals surface area contributed by atoms with Crippen molar-refractivity contribution in [2.45, 2.75) is 58.3 Å². The van der Waals surface area contributed by atoms with Crippen molar-refractivity contribution in [3.05, 3.63) is 35.9 Å². The van der Waals surface area contributed by atoms with Crippen LogP contribution in [0.4, 0.5) is 17.8 Å². The summed E-state index contributed by atoms with van der Waals surface area (Å²) in [4.78, 5) is 26.0. The highest BCUT2D eigenvalue weighted by atomic mass is 16.5. The van der Waals surface area contributed by atoms with Crippen LogP contribution in [0, 0.1) is 23.2 Å². The fourth-order valence-corrected chi connectivity index (χ4v) is 7.25. The van der Waals surface area contributed by atoms with Crippen molar-refractivity contribution < 1.29 is 14.3 Å². The van der Waals surface area contributed by atoms with Crippen LogP contribution in [-0.4, -0.2) is 73.5 Å². The number of anilines is 3. The maximum absolute atomic E-state index is 12.0. The SMILES string of the molecule is CCCCNc1nc(NCCOCCOCCNC(=O)c2ccccc2)nc(NCC23CC4CC(CC(C4)C2)C3)n1. The number of hydrogen-bond acceptors (Lipinski definition) is 9. The van der Waals surface area contributed by atoms with Crippen LogP contribution in [0.15, 0.2) is 30.3 Å². The van der Waals surface area contributed by atoms with Crippen molar-refractivity contribution in [2.75, 3.05) is 68.6 Å². The van der Waals surface area contributed by atoms with Gasteiger partial charge in [0.05, 0.1) is 26.4 Å². The van der Waals surface area contributed by atoms with Gasteiger partial charge in [0.15, 0.2) is 0 Å². The lowest BCUT2D eigenvalue weighted by Crippen LogP contribution is -2.49. The minimum atomic E-state index is -0.0929. The topological polar surface area (TPSA) is 122 Å². The Morgan fingerprint density at radius 1 is 0.780 bits per heavy atom. The molecule has 4 saturated carbocycles. The van der Waals surface area contributed by atoms with Gasteiger partial charge in [-0.2, -0.15) is 15.0 Å². The van der Waals surface area contributed by atoms with Crippen molar-refractivity contribution in [2.24, 2.45) is 23.2 Å². The summed E-state index contributed by atoms with van der Waals surface area (Å²) in [5.41, 5.74) is 1.06. The molecule has 0 radical (unpaired) electrons. The van der Waals surface area contributed by atoms with E-state index in [4.69, 9.17) is 9.47 Å². The van der Waals surface area contributed by atoms with Gasteiger partial charge in [0.2, 0.25) is 17.8 Å². The fourth-order valence-electron chi connectivity index (χ4n) is 7.25. The molecule has 4 bridgehead atoms. The quantitative estimate of drug-likeness (QED) is 0.192. The number of hydrogen-bond donors (Lipinski definition) is 4. The molecule has 2 aromatic rings. The summed E-state index contributed by atoms with van der Waals surface area (Å²) in [7, 11) is 0. The van der Waals surface area contributed by atoms with Crippen LogP contribution in [-0.2, 0) is 9.47 Å². The molecule has 4 aliphatic carbocycles. The highest BCUT2D eigenvalue weighted by Gasteiger charge is 2.50. The van der Waals surface area contributed by atoms with Crippen molar-refractivity contribution in [1.82, 2.24) is 20.3 Å². The molecular formula is C31H47N7O3. The highest BCUT2D eigenvalue weighted by Crippen LogP contribution is 2.59. The second-order valence-electron chi connectivity index (χ2n) is 12.1.